The molecule has 1 rings (SSSR count). The maximum absolute atomic E-state index is 9.73. The molecule has 0 spiro atoms. The van der Waals surface area contributed by atoms with E-state index in [2.05, 4.69) is 15.9 Å². The molecule has 0 saturated heterocycles. The second-order valence-corrected chi connectivity index (χ2v) is 4.58. The minimum absolute atomic E-state index is 0.453. The van der Waals surface area contributed by atoms with Gasteiger partial charge in [0.1, 0.15) is 0 Å². The van der Waals surface area contributed by atoms with Gasteiger partial charge in [0.15, 0.2) is 0 Å². The molecule has 2 unspecified atom stereocenters. The summed E-state index contributed by atoms with van der Waals surface area (Å²) in [5.74, 6) is 0. The Balaban J connectivity index is 3.04. The van der Waals surface area contributed by atoms with Crippen LogP contribution in [0.5, 0.6) is 0 Å². The summed E-state index contributed by atoms with van der Waals surface area (Å²) in [5, 5.41) is 19.5. The van der Waals surface area contributed by atoms with Crippen LogP contribution in [0, 0.1) is 0 Å². The lowest BCUT2D eigenvalue weighted by Crippen LogP contribution is -2.00. The van der Waals surface area contributed by atoms with Crippen LogP contribution in [0.4, 0.5) is 0 Å². The smallest absolute Gasteiger partial charge is 0.0787 e. The SMILES string of the molecule is CCC(O)c1cc(Br)cc(C(O)CC)c1. The van der Waals surface area contributed by atoms with Crippen molar-refractivity contribution in [2.24, 2.45) is 0 Å². The van der Waals surface area contributed by atoms with Crippen LogP contribution in [0.3, 0.4) is 0 Å². The first-order chi connectivity index (χ1) is 7.08. The standard InChI is InChI=1S/C12H17BrO2/c1-3-11(14)8-5-9(12(15)4-2)7-10(13)6-8/h5-7,11-12,14-15H,3-4H2,1-2H3. The van der Waals surface area contributed by atoms with Crippen LogP contribution in [0.15, 0.2) is 22.7 Å². The average molecular weight is 273 g/mol. The number of benzene rings is 1. The maximum atomic E-state index is 9.73. The van der Waals surface area contributed by atoms with Gasteiger partial charge in [-0.05, 0) is 36.1 Å². The summed E-state index contributed by atoms with van der Waals surface area (Å²) in [7, 11) is 0. The quantitative estimate of drug-likeness (QED) is 0.883. The molecule has 0 bridgehead atoms. The van der Waals surface area contributed by atoms with Crippen molar-refractivity contribution >= 4 is 15.9 Å². The highest BCUT2D eigenvalue weighted by atomic mass is 79.9. The predicted octanol–water partition coefficient (Wildman–Crippen LogP) is 3.34. The molecule has 2 nitrogen and oxygen atoms in total. The molecular formula is C12H17BrO2. The number of aliphatic hydroxyl groups excluding tert-OH is 2. The fourth-order valence-electron chi connectivity index (χ4n) is 1.49. The van der Waals surface area contributed by atoms with Crippen LogP contribution < -0.4 is 0 Å². The van der Waals surface area contributed by atoms with Crippen LogP contribution in [0.25, 0.3) is 0 Å². The first kappa shape index (κ1) is 12.7. The van der Waals surface area contributed by atoms with E-state index in [1.807, 2.05) is 32.0 Å². The lowest BCUT2D eigenvalue weighted by atomic mass is 10.0. The molecule has 15 heavy (non-hydrogen) atoms. The molecule has 0 heterocycles. The minimum Gasteiger partial charge on any atom is -0.388 e. The molecule has 2 N–H and O–H groups in total. The Bertz CT molecular complexity index is 297. The van der Waals surface area contributed by atoms with E-state index in [9.17, 15) is 10.2 Å². The molecule has 2 atom stereocenters. The van der Waals surface area contributed by atoms with E-state index < -0.39 is 12.2 Å². The van der Waals surface area contributed by atoms with Crippen molar-refractivity contribution in [1.29, 1.82) is 0 Å². The van der Waals surface area contributed by atoms with E-state index in [1.165, 1.54) is 0 Å². The Hall–Kier alpha value is -0.380. The van der Waals surface area contributed by atoms with Crippen molar-refractivity contribution in [2.75, 3.05) is 0 Å². The zero-order valence-corrected chi connectivity index (χ0v) is 10.7. The summed E-state index contributed by atoms with van der Waals surface area (Å²) in [5.41, 5.74) is 1.71. The monoisotopic (exact) mass is 272 g/mol. The van der Waals surface area contributed by atoms with Gasteiger partial charge in [0.2, 0.25) is 0 Å². The zero-order valence-electron chi connectivity index (χ0n) is 9.07. The summed E-state index contributed by atoms with van der Waals surface area (Å²) in [4.78, 5) is 0. The maximum Gasteiger partial charge on any atom is 0.0787 e. The van der Waals surface area contributed by atoms with Gasteiger partial charge in [0, 0.05) is 4.47 Å². The van der Waals surface area contributed by atoms with Crippen LogP contribution in [0.1, 0.15) is 50.0 Å². The van der Waals surface area contributed by atoms with Crippen molar-refractivity contribution in [3.05, 3.63) is 33.8 Å². The van der Waals surface area contributed by atoms with E-state index in [0.717, 1.165) is 15.6 Å². The minimum atomic E-state index is -0.453. The molecule has 0 radical (unpaired) electrons. The summed E-state index contributed by atoms with van der Waals surface area (Å²) in [6.07, 6.45) is 0.451. The zero-order chi connectivity index (χ0) is 11.4. The number of aliphatic hydroxyl groups is 2. The Morgan fingerprint density at radius 2 is 1.40 bits per heavy atom. The van der Waals surface area contributed by atoms with Crippen LogP contribution in [-0.2, 0) is 0 Å². The molecule has 0 aliphatic carbocycles. The fourth-order valence-corrected chi connectivity index (χ4v) is 2.02. The molecule has 84 valence electrons. The summed E-state index contributed by atoms with van der Waals surface area (Å²) in [6.45, 7) is 3.86. The molecule has 0 amide bonds. The highest BCUT2D eigenvalue weighted by Gasteiger charge is 2.11. The summed E-state index contributed by atoms with van der Waals surface area (Å²) < 4.78 is 0.898. The Morgan fingerprint density at radius 1 is 1.00 bits per heavy atom. The van der Waals surface area contributed by atoms with Crippen molar-refractivity contribution in [2.45, 2.75) is 38.9 Å². The van der Waals surface area contributed by atoms with Gasteiger partial charge in [0.05, 0.1) is 12.2 Å². The van der Waals surface area contributed by atoms with E-state index in [-0.39, 0.29) is 0 Å². The molecule has 0 aromatic heterocycles. The Labute approximate surface area is 99.1 Å². The number of halogens is 1. The Morgan fingerprint density at radius 3 is 1.73 bits per heavy atom. The second-order valence-electron chi connectivity index (χ2n) is 3.67. The van der Waals surface area contributed by atoms with Crippen LogP contribution in [-0.4, -0.2) is 10.2 Å². The average Bonchev–Trinajstić information content (AvgIpc) is 2.26. The van der Waals surface area contributed by atoms with Crippen molar-refractivity contribution in [3.63, 3.8) is 0 Å². The number of hydrogen-bond donors (Lipinski definition) is 2. The van der Waals surface area contributed by atoms with Gasteiger partial charge in [-0.1, -0.05) is 35.8 Å². The van der Waals surface area contributed by atoms with Gasteiger partial charge in [-0.3, -0.25) is 0 Å². The highest BCUT2D eigenvalue weighted by molar-refractivity contribution is 9.10. The normalized spacial score (nSPS) is 15.0. The molecule has 1 aromatic carbocycles. The Kier molecular flexibility index (Phi) is 4.77. The van der Waals surface area contributed by atoms with Crippen molar-refractivity contribution in [3.8, 4) is 0 Å². The van der Waals surface area contributed by atoms with E-state index in [4.69, 9.17) is 0 Å². The largest absolute Gasteiger partial charge is 0.388 e. The predicted molar refractivity (Wildman–Crippen MR) is 64.6 cm³/mol. The van der Waals surface area contributed by atoms with E-state index in [1.54, 1.807) is 0 Å². The molecule has 0 saturated carbocycles. The van der Waals surface area contributed by atoms with Gasteiger partial charge >= 0.3 is 0 Å². The van der Waals surface area contributed by atoms with Gasteiger partial charge in [-0.25, -0.2) is 0 Å². The van der Waals surface area contributed by atoms with Crippen molar-refractivity contribution < 1.29 is 10.2 Å². The van der Waals surface area contributed by atoms with Crippen molar-refractivity contribution in [1.82, 2.24) is 0 Å². The van der Waals surface area contributed by atoms with Crippen LogP contribution >= 0.6 is 15.9 Å². The van der Waals surface area contributed by atoms with Gasteiger partial charge in [-0.15, -0.1) is 0 Å². The first-order valence-electron chi connectivity index (χ1n) is 5.25. The second kappa shape index (κ2) is 5.64. The molecular weight excluding hydrogens is 256 g/mol. The lowest BCUT2D eigenvalue weighted by molar-refractivity contribution is 0.167. The third-order valence-electron chi connectivity index (χ3n) is 2.49. The lowest BCUT2D eigenvalue weighted by Gasteiger charge is -2.14. The third kappa shape index (κ3) is 3.30. The third-order valence-corrected chi connectivity index (χ3v) is 2.94. The first-order valence-corrected chi connectivity index (χ1v) is 6.04. The fraction of sp³-hybridized carbons (Fsp3) is 0.500. The van der Waals surface area contributed by atoms with Gasteiger partial charge < -0.3 is 10.2 Å². The summed E-state index contributed by atoms with van der Waals surface area (Å²) >= 11 is 3.39. The molecule has 0 aliphatic rings. The summed E-state index contributed by atoms with van der Waals surface area (Å²) in [6, 6.07) is 5.65. The molecule has 3 heteroatoms. The van der Waals surface area contributed by atoms with Crippen LogP contribution in [0.2, 0.25) is 0 Å². The van der Waals surface area contributed by atoms with Gasteiger partial charge in [0.25, 0.3) is 0 Å². The van der Waals surface area contributed by atoms with E-state index in [0.29, 0.717) is 12.8 Å². The molecule has 0 aliphatic heterocycles. The highest BCUT2D eigenvalue weighted by Crippen LogP contribution is 2.27. The molecule has 1 aromatic rings. The topological polar surface area (TPSA) is 40.5 Å². The number of rotatable bonds is 4. The van der Waals surface area contributed by atoms with E-state index >= 15 is 0 Å². The molecule has 0 fully saturated rings. The number of hydrogen-bond acceptors (Lipinski definition) is 2. The van der Waals surface area contributed by atoms with Gasteiger partial charge in [-0.2, -0.15) is 0 Å².